The lowest BCUT2D eigenvalue weighted by molar-refractivity contribution is -0.136. The fraction of sp³-hybridized carbons (Fsp3) is 0.444. The summed E-state index contributed by atoms with van der Waals surface area (Å²) in [5.74, 6) is 0.291. The van der Waals surface area contributed by atoms with Crippen molar-refractivity contribution in [1.29, 1.82) is 0 Å². The first-order valence-corrected chi connectivity index (χ1v) is 8.58. The molecule has 130 valence electrons. The Labute approximate surface area is 152 Å². The summed E-state index contributed by atoms with van der Waals surface area (Å²) < 4.78 is 7.14. The van der Waals surface area contributed by atoms with Crippen LogP contribution in [0.1, 0.15) is 52.7 Å². The summed E-state index contributed by atoms with van der Waals surface area (Å²) in [5.41, 5.74) is 1.38. The van der Waals surface area contributed by atoms with E-state index < -0.39 is 0 Å². The Balaban J connectivity index is 2.39. The maximum absolute atomic E-state index is 12.2. The van der Waals surface area contributed by atoms with E-state index in [9.17, 15) is 4.79 Å². The molecule has 0 spiro atoms. The Morgan fingerprint density at radius 1 is 1.21 bits per heavy atom. The monoisotopic (exact) mass is 368 g/mol. The van der Waals surface area contributed by atoms with Crippen LogP contribution in [0.4, 0.5) is 0 Å². The molecule has 4 nitrogen and oxygen atoms in total. The van der Waals surface area contributed by atoms with E-state index in [1.807, 2.05) is 34.6 Å². The number of halogens is 2. The molecule has 24 heavy (non-hydrogen) atoms. The number of carbonyl (C=O) groups is 1. The second kappa shape index (κ2) is 7.16. The predicted molar refractivity (Wildman–Crippen MR) is 97.4 cm³/mol. The number of benzene rings is 1. The van der Waals surface area contributed by atoms with Gasteiger partial charge in [-0.25, -0.2) is 4.68 Å². The molecule has 2 aromatic rings. The highest BCUT2D eigenvalue weighted by Gasteiger charge is 2.21. The van der Waals surface area contributed by atoms with E-state index >= 15 is 0 Å². The molecule has 0 atom stereocenters. The first-order valence-electron chi connectivity index (χ1n) is 7.83. The van der Waals surface area contributed by atoms with E-state index in [0.717, 1.165) is 5.69 Å². The molecule has 6 heteroatoms. The van der Waals surface area contributed by atoms with Crippen LogP contribution in [0.2, 0.25) is 10.0 Å². The topological polar surface area (TPSA) is 44.1 Å². The van der Waals surface area contributed by atoms with Gasteiger partial charge in [-0.3, -0.25) is 4.79 Å². The molecule has 1 aromatic carbocycles. The molecule has 0 fully saturated rings. The molecule has 0 aliphatic carbocycles. The van der Waals surface area contributed by atoms with Gasteiger partial charge in [-0.05, 0) is 29.5 Å². The van der Waals surface area contributed by atoms with Crippen molar-refractivity contribution in [3.63, 3.8) is 0 Å². The lowest BCUT2D eigenvalue weighted by Crippen LogP contribution is -2.18. The molecule has 1 heterocycles. The molecule has 1 aromatic heterocycles. The van der Waals surface area contributed by atoms with Gasteiger partial charge in [0.2, 0.25) is 5.88 Å². The van der Waals surface area contributed by atoms with E-state index in [4.69, 9.17) is 27.9 Å². The van der Waals surface area contributed by atoms with Gasteiger partial charge < -0.3 is 4.74 Å². The van der Waals surface area contributed by atoms with Crippen molar-refractivity contribution < 1.29 is 9.53 Å². The highest BCUT2D eigenvalue weighted by molar-refractivity contribution is 6.42. The second-order valence-corrected chi connectivity index (χ2v) is 8.10. The summed E-state index contributed by atoms with van der Waals surface area (Å²) in [6.07, 6.45) is 0.316. The van der Waals surface area contributed by atoms with E-state index in [1.165, 1.54) is 0 Å². The minimum atomic E-state index is -0.293. The Morgan fingerprint density at radius 2 is 1.88 bits per heavy atom. The SMILES string of the molecule is CC(C)c1cc(OC(=O)CC(C)(C)C)n(-c2ccc(Cl)c(Cl)c2)n1. The number of hydrogen-bond acceptors (Lipinski definition) is 3. The molecule has 0 saturated heterocycles. The highest BCUT2D eigenvalue weighted by Crippen LogP contribution is 2.29. The van der Waals surface area contributed by atoms with Crippen LogP contribution in [0.5, 0.6) is 5.88 Å². The normalized spacial score (nSPS) is 11.8. The van der Waals surface area contributed by atoms with Crippen molar-refractivity contribution >= 4 is 29.2 Å². The van der Waals surface area contributed by atoms with Gasteiger partial charge >= 0.3 is 5.97 Å². The zero-order valence-electron chi connectivity index (χ0n) is 14.6. The quantitative estimate of drug-likeness (QED) is 0.655. The first-order chi connectivity index (χ1) is 11.1. The van der Waals surface area contributed by atoms with E-state index in [2.05, 4.69) is 5.10 Å². The fourth-order valence-corrected chi connectivity index (χ4v) is 2.42. The van der Waals surface area contributed by atoms with Crippen LogP contribution in [0.15, 0.2) is 24.3 Å². The van der Waals surface area contributed by atoms with Crippen LogP contribution in [0, 0.1) is 5.41 Å². The molecule has 0 aliphatic heterocycles. The van der Waals surface area contributed by atoms with Crippen molar-refractivity contribution in [1.82, 2.24) is 9.78 Å². The van der Waals surface area contributed by atoms with Gasteiger partial charge in [-0.2, -0.15) is 5.10 Å². The number of hydrogen-bond donors (Lipinski definition) is 0. The molecule has 2 rings (SSSR count). The molecule has 0 N–H and O–H groups in total. The standard InChI is InChI=1S/C18H22Cl2N2O2/c1-11(2)15-9-16(24-17(23)10-18(3,4)5)22(21-15)12-6-7-13(19)14(20)8-12/h6-9,11H,10H2,1-5H3. The van der Waals surface area contributed by atoms with E-state index in [-0.39, 0.29) is 17.3 Å². The van der Waals surface area contributed by atoms with Crippen molar-refractivity contribution in [3.05, 3.63) is 40.0 Å². The number of aromatic nitrogens is 2. The third-order valence-electron chi connectivity index (χ3n) is 3.33. The van der Waals surface area contributed by atoms with Crippen LogP contribution in [-0.2, 0) is 4.79 Å². The molecule has 0 aliphatic rings. The van der Waals surface area contributed by atoms with Gasteiger partial charge in [0.05, 0.1) is 27.8 Å². The van der Waals surface area contributed by atoms with Crippen LogP contribution in [0.3, 0.4) is 0 Å². The van der Waals surface area contributed by atoms with Crippen molar-refractivity contribution in [2.45, 2.75) is 47.0 Å². The number of rotatable bonds is 4. The maximum atomic E-state index is 12.2. The molecule has 0 amide bonds. The Kier molecular flexibility index (Phi) is 5.61. The van der Waals surface area contributed by atoms with Crippen LogP contribution in [-0.4, -0.2) is 15.7 Å². The zero-order chi connectivity index (χ0) is 18.1. The third kappa shape index (κ3) is 4.74. The Hall–Kier alpha value is -1.52. The fourth-order valence-electron chi connectivity index (χ4n) is 2.12. The van der Waals surface area contributed by atoms with Crippen LogP contribution >= 0.6 is 23.2 Å². The average Bonchev–Trinajstić information content (AvgIpc) is 2.83. The number of ether oxygens (including phenoxy) is 1. The third-order valence-corrected chi connectivity index (χ3v) is 4.07. The van der Waals surface area contributed by atoms with Crippen molar-refractivity contribution in [2.75, 3.05) is 0 Å². The molecule has 0 saturated carbocycles. The van der Waals surface area contributed by atoms with E-state index in [0.29, 0.717) is 28.0 Å². The molecule has 0 unspecified atom stereocenters. The molecule has 0 radical (unpaired) electrons. The minimum absolute atomic E-state index is 0.146. The van der Waals surface area contributed by atoms with Gasteiger partial charge in [0.1, 0.15) is 0 Å². The van der Waals surface area contributed by atoms with E-state index in [1.54, 1.807) is 28.9 Å². The molecular formula is C18H22Cl2N2O2. The van der Waals surface area contributed by atoms with Gasteiger partial charge in [0.25, 0.3) is 0 Å². The predicted octanol–water partition coefficient (Wildman–Crippen LogP) is 5.64. The molecule has 0 bridgehead atoms. The van der Waals surface area contributed by atoms with Gasteiger partial charge in [-0.1, -0.05) is 57.8 Å². The summed E-state index contributed by atoms with van der Waals surface area (Å²) >= 11 is 12.1. The van der Waals surface area contributed by atoms with Crippen LogP contribution in [0.25, 0.3) is 5.69 Å². The lowest BCUT2D eigenvalue weighted by Gasteiger charge is -2.16. The number of nitrogens with zero attached hydrogens (tertiary/aromatic N) is 2. The van der Waals surface area contributed by atoms with Gasteiger partial charge in [0, 0.05) is 6.07 Å². The molecular weight excluding hydrogens is 347 g/mol. The summed E-state index contributed by atoms with van der Waals surface area (Å²) in [7, 11) is 0. The highest BCUT2D eigenvalue weighted by atomic mass is 35.5. The average molecular weight is 369 g/mol. The lowest BCUT2D eigenvalue weighted by atomic mass is 9.92. The van der Waals surface area contributed by atoms with Crippen LogP contribution < -0.4 is 4.74 Å². The smallest absolute Gasteiger partial charge is 0.313 e. The summed E-state index contributed by atoms with van der Waals surface area (Å²) in [4.78, 5) is 12.2. The van der Waals surface area contributed by atoms with Gasteiger partial charge in [-0.15, -0.1) is 0 Å². The number of esters is 1. The summed E-state index contributed by atoms with van der Waals surface area (Å²) in [5, 5.41) is 5.42. The largest absolute Gasteiger partial charge is 0.407 e. The van der Waals surface area contributed by atoms with Crippen molar-refractivity contribution in [2.24, 2.45) is 5.41 Å². The zero-order valence-corrected chi connectivity index (χ0v) is 16.1. The van der Waals surface area contributed by atoms with Crippen molar-refractivity contribution in [3.8, 4) is 11.6 Å². The maximum Gasteiger partial charge on any atom is 0.313 e. The Bertz CT molecular complexity index is 746. The second-order valence-electron chi connectivity index (χ2n) is 7.28. The summed E-state index contributed by atoms with van der Waals surface area (Å²) in [6.45, 7) is 10.0. The van der Waals surface area contributed by atoms with Gasteiger partial charge in [0.15, 0.2) is 0 Å². The Morgan fingerprint density at radius 3 is 2.42 bits per heavy atom. The number of carbonyl (C=O) groups excluding carboxylic acids is 1. The minimum Gasteiger partial charge on any atom is -0.407 e. The summed E-state index contributed by atoms with van der Waals surface area (Å²) in [6, 6.07) is 6.96. The first kappa shape index (κ1) is 18.8.